The van der Waals surface area contributed by atoms with Crippen LogP contribution >= 0.6 is 0 Å². The molecule has 0 fully saturated rings. The maximum atomic E-state index is 10.4. The molecule has 21 heavy (non-hydrogen) atoms. The molecule has 6 heteroatoms. The van der Waals surface area contributed by atoms with Crippen LogP contribution in [-0.2, 0) is 9.63 Å². The van der Waals surface area contributed by atoms with Crippen molar-refractivity contribution in [2.24, 2.45) is 5.16 Å². The first-order chi connectivity index (χ1) is 10.3. The van der Waals surface area contributed by atoms with Gasteiger partial charge in [-0.25, -0.2) is 9.97 Å². The van der Waals surface area contributed by atoms with Crippen molar-refractivity contribution in [3.8, 4) is 0 Å². The van der Waals surface area contributed by atoms with Gasteiger partial charge in [0.05, 0.1) is 0 Å². The smallest absolute Gasteiger partial charge is 0.303 e. The average molecular weight is 285 g/mol. The maximum Gasteiger partial charge on any atom is 0.303 e. The number of aliphatic carboxylic acids is 1. The van der Waals surface area contributed by atoms with Crippen LogP contribution in [0.25, 0.3) is 0 Å². The second kappa shape index (κ2) is 7.74. The lowest BCUT2D eigenvalue weighted by Crippen LogP contribution is -2.06. The molecule has 1 aromatic carbocycles. The van der Waals surface area contributed by atoms with E-state index in [-0.39, 0.29) is 13.0 Å². The molecule has 1 aromatic heterocycles. The molecule has 0 bridgehead atoms. The van der Waals surface area contributed by atoms with Crippen molar-refractivity contribution in [1.29, 1.82) is 0 Å². The largest absolute Gasteiger partial charge is 0.481 e. The molecule has 0 aliphatic carbocycles. The number of carboxylic acids is 1. The van der Waals surface area contributed by atoms with Crippen molar-refractivity contribution < 1.29 is 14.7 Å². The summed E-state index contributed by atoms with van der Waals surface area (Å²) in [4.78, 5) is 23.6. The topological polar surface area (TPSA) is 84.7 Å². The molecule has 0 atom stereocenters. The van der Waals surface area contributed by atoms with E-state index in [0.717, 1.165) is 11.1 Å². The lowest BCUT2D eigenvalue weighted by atomic mass is 10.1. The van der Waals surface area contributed by atoms with Gasteiger partial charge in [0, 0.05) is 29.9 Å². The summed E-state index contributed by atoms with van der Waals surface area (Å²) < 4.78 is 0. The Morgan fingerprint density at radius 1 is 1.14 bits per heavy atom. The molecule has 0 unspecified atom stereocenters. The second-order valence-corrected chi connectivity index (χ2v) is 4.26. The average Bonchev–Trinajstić information content (AvgIpc) is 2.52. The quantitative estimate of drug-likeness (QED) is 0.478. The number of aromatic nitrogens is 2. The second-order valence-electron chi connectivity index (χ2n) is 4.26. The summed E-state index contributed by atoms with van der Waals surface area (Å²) in [6.45, 7) is 0.246. The predicted molar refractivity (Wildman–Crippen MR) is 76.9 cm³/mol. The van der Waals surface area contributed by atoms with Crippen LogP contribution in [0, 0.1) is 0 Å². The Hall–Kier alpha value is -2.76. The van der Waals surface area contributed by atoms with Gasteiger partial charge in [-0.05, 0) is 6.42 Å². The predicted octanol–water partition coefficient (Wildman–Crippen LogP) is 2.11. The molecule has 1 N–H and O–H groups in total. The normalized spacial score (nSPS) is 11.1. The third-order valence-electron chi connectivity index (χ3n) is 2.66. The Morgan fingerprint density at radius 3 is 2.52 bits per heavy atom. The summed E-state index contributed by atoms with van der Waals surface area (Å²) >= 11 is 0. The van der Waals surface area contributed by atoms with E-state index in [2.05, 4.69) is 15.1 Å². The summed E-state index contributed by atoms with van der Waals surface area (Å²) in [7, 11) is 0. The Morgan fingerprint density at radius 2 is 1.86 bits per heavy atom. The van der Waals surface area contributed by atoms with Crippen LogP contribution in [0.4, 0.5) is 0 Å². The third kappa shape index (κ3) is 4.68. The monoisotopic (exact) mass is 285 g/mol. The van der Waals surface area contributed by atoms with Crippen LogP contribution in [0.15, 0.2) is 54.2 Å². The summed E-state index contributed by atoms with van der Waals surface area (Å²) in [5, 5.41) is 12.7. The summed E-state index contributed by atoms with van der Waals surface area (Å²) in [5.41, 5.74) is 2.24. The van der Waals surface area contributed by atoms with E-state index < -0.39 is 5.97 Å². The molecule has 2 rings (SSSR count). The number of hydrogen-bond donors (Lipinski definition) is 1. The first kappa shape index (κ1) is 14.6. The van der Waals surface area contributed by atoms with E-state index in [1.807, 2.05) is 30.3 Å². The molecule has 1 heterocycles. The van der Waals surface area contributed by atoms with Gasteiger partial charge in [0.1, 0.15) is 18.6 Å². The van der Waals surface area contributed by atoms with Gasteiger partial charge in [-0.15, -0.1) is 0 Å². The van der Waals surface area contributed by atoms with E-state index >= 15 is 0 Å². The van der Waals surface area contributed by atoms with Gasteiger partial charge in [0.2, 0.25) is 0 Å². The fraction of sp³-hybridized carbons (Fsp3) is 0.200. The minimum atomic E-state index is -0.845. The molecule has 0 aliphatic rings. The number of oxime groups is 1. The third-order valence-corrected chi connectivity index (χ3v) is 2.66. The zero-order chi connectivity index (χ0) is 14.9. The first-order valence-electron chi connectivity index (χ1n) is 6.50. The van der Waals surface area contributed by atoms with Crippen molar-refractivity contribution in [1.82, 2.24) is 9.97 Å². The molecule has 0 amide bonds. The molecule has 108 valence electrons. The Kier molecular flexibility index (Phi) is 5.40. The highest BCUT2D eigenvalue weighted by molar-refractivity contribution is 6.12. The zero-order valence-corrected chi connectivity index (χ0v) is 11.3. The molecular formula is C15H15N3O3. The molecule has 0 saturated carbocycles. The molecule has 0 radical (unpaired) electrons. The van der Waals surface area contributed by atoms with E-state index in [1.54, 1.807) is 12.4 Å². The van der Waals surface area contributed by atoms with Gasteiger partial charge in [-0.1, -0.05) is 35.5 Å². The molecule has 0 aliphatic heterocycles. The van der Waals surface area contributed by atoms with Crippen LogP contribution in [0.5, 0.6) is 0 Å². The van der Waals surface area contributed by atoms with Crippen LogP contribution in [0.2, 0.25) is 0 Å². The number of carbonyl (C=O) groups is 1. The highest BCUT2D eigenvalue weighted by Gasteiger charge is 2.08. The van der Waals surface area contributed by atoms with Gasteiger partial charge in [0.15, 0.2) is 0 Å². The van der Waals surface area contributed by atoms with Crippen LogP contribution in [0.1, 0.15) is 24.0 Å². The summed E-state index contributed by atoms with van der Waals surface area (Å²) in [6, 6.07) is 9.54. The summed E-state index contributed by atoms with van der Waals surface area (Å²) in [5.74, 6) is -0.845. The lowest BCUT2D eigenvalue weighted by Gasteiger charge is -2.06. The van der Waals surface area contributed by atoms with E-state index in [1.165, 1.54) is 6.33 Å². The van der Waals surface area contributed by atoms with Crippen molar-refractivity contribution in [2.45, 2.75) is 12.8 Å². The van der Waals surface area contributed by atoms with E-state index in [0.29, 0.717) is 12.1 Å². The maximum absolute atomic E-state index is 10.4. The molecule has 0 saturated heterocycles. The fourth-order valence-corrected chi connectivity index (χ4v) is 1.69. The highest BCUT2D eigenvalue weighted by atomic mass is 16.6. The van der Waals surface area contributed by atoms with Crippen LogP contribution in [0.3, 0.4) is 0 Å². The Bertz CT molecular complexity index is 559. The minimum Gasteiger partial charge on any atom is -0.481 e. The Balaban J connectivity index is 2.11. The molecular weight excluding hydrogens is 270 g/mol. The molecule has 0 spiro atoms. The van der Waals surface area contributed by atoms with Gasteiger partial charge in [-0.3, -0.25) is 4.79 Å². The van der Waals surface area contributed by atoms with Crippen molar-refractivity contribution in [3.63, 3.8) is 0 Å². The SMILES string of the molecule is O=C(O)CCCO/N=C(/c1ccccc1)c1cncnc1. The molecule has 2 aromatic rings. The fourth-order valence-electron chi connectivity index (χ4n) is 1.69. The van der Waals surface area contributed by atoms with Crippen molar-refractivity contribution in [2.75, 3.05) is 6.61 Å². The number of hydrogen-bond acceptors (Lipinski definition) is 5. The number of carboxylic acid groups (broad SMARTS) is 1. The lowest BCUT2D eigenvalue weighted by molar-refractivity contribution is -0.137. The highest BCUT2D eigenvalue weighted by Crippen LogP contribution is 2.09. The summed E-state index contributed by atoms with van der Waals surface area (Å²) in [6.07, 6.45) is 5.22. The van der Waals surface area contributed by atoms with Gasteiger partial charge >= 0.3 is 5.97 Å². The van der Waals surface area contributed by atoms with Crippen molar-refractivity contribution in [3.05, 3.63) is 60.2 Å². The molecule has 6 nitrogen and oxygen atoms in total. The number of benzene rings is 1. The first-order valence-corrected chi connectivity index (χ1v) is 6.50. The van der Waals surface area contributed by atoms with Gasteiger partial charge < -0.3 is 9.94 Å². The van der Waals surface area contributed by atoms with Crippen LogP contribution < -0.4 is 0 Å². The van der Waals surface area contributed by atoms with Crippen LogP contribution in [-0.4, -0.2) is 33.4 Å². The number of rotatable bonds is 7. The van der Waals surface area contributed by atoms with Gasteiger partial charge in [-0.2, -0.15) is 0 Å². The minimum absolute atomic E-state index is 0.0602. The van der Waals surface area contributed by atoms with Gasteiger partial charge in [0.25, 0.3) is 0 Å². The standard InChI is InChI=1S/C15H15N3O3/c19-14(20)7-4-8-21-18-15(12-5-2-1-3-6-12)13-9-16-11-17-10-13/h1-3,5-6,9-11H,4,7-8H2,(H,19,20)/b18-15-. The van der Waals surface area contributed by atoms with E-state index in [4.69, 9.17) is 9.94 Å². The number of nitrogens with zero attached hydrogens (tertiary/aromatic N) is 3. The van der Waals surface area contributed by atoms with Crippen molar-refractivity contribution >= 4 is 11.7 Å². The zero-order valence-electron chi connectivity index (χ0n) is 11.3. The van der Waals surface area contributed by atoms with E-state index in [9.17, 15) is 4.79 Å². The Labute approximate surface area is 122 Å².